The highest BCUT2D eigenvalue weighted by Crippen LogP contribution is 2.35. The number of unbranched alkanes of at least 4 members (excludes halogenated alkanes) is 1. The van der Waals surface area contributed by atoms with Gasteiger partial charge in [0.15, 0.2) is 0 Å². The molecule has 1 amide bonds. The number of aryl methyl sites for hydroxylation is 1. The van der Waals surface area contributed by atoms with E-state index in [0.29, 0.717) is 6.42 Å². The largest absolute Gasteiger partial charge is 0.330 e. The molecule has 0 bridgehead atoms. The topological polar surface area (TPSA) is 50.2 Å². The van der Waals surface area contributed by atoms with Crippen molar-refractivity contribution in [2.45, 2.75) is 76.5 Å². The van der Waals surface area contributed by atoms with Crippen LogP contribution in [0.4, 0.5) is 0 Å². The van der Waals surface area contributed by atoms with Crippen LogP contribution in [-0.4, -0.2) is 40.2 Å². The molecule has 1 aromatic carbocycles. The predicted octanol–water partition coefficient (Wildman–Crippen LogP) is 5.92. The number of piperidine rings is 1. The molecule has 5 nitrogen and oxygen atoms in total. The number of amides is 1. The average Bonchev–Trinajstić information content (AvgIpc) is 3.18. The van der Waals surface area contributed by atoms with Crippen molar-refractivity contribution in [1.29, 1.82) is 0 Å². The maximum Gasteiger partial charge on any atom is 0.224 e. The SMILES string of the molecule is C=C1NC(=O)CCC1c1nn(C)c2cc(C3=CCCN(CCCCC4CCCCC4)C3)ccc12. The third kappa shape index (κ3) is 5.14. The Balaban J connectivity index is 1.22. The summed E-state index contributed by atoms with van der Waals surface area (Å²) in [7, 11) is 2.02. The first-order valence-electron chi connectivity index (χ1n) is 13.5. The monoisotopic (exact) mass is 460 g/mol. The quantitative estimate of drug-likeness (QED) is 0.522. The van der Waals surface area contributed by atoms with Crippen molar-refractivity contribution in [2.75, 3.05) is 19.6 Å². The summed E-state index contributed by atoms with van der Waals surface area (Å²) in [5, 5.41) is 8.94. The Kier molecular flexibility index (Phi) is 7.19. The fourth-order valence-electron chi connectivity index (χ4n) is 6.27. The van der Waals surface area contributed by atoms with Crippen molar-refractivity contribution in [3.63, 3.8) is 0 Å². The summed E-state index contributed by atoms with van der Waals surface area (Å²) in [5.41, 5.74) is 5.71. The number of hydrogen-bond donors (Lipinski definition) is 1. The normalized spacial score (nSPS) is 22.7. The molecule has 2 aliphatic heterocycles. The molecule has 1 unspecified atom stereocenters. The van der Waals surface area contributed by atoms with Gasteiger partial charge in [-0.25, -0.2) is 0 Å². The van der Waals surface area contributed by atoms with Gasteiger partial charge in [0, 0.05) is 43.6 Å². The number of rotatable bonds is 7. The van der Waals surface area contributed by atoms with E-state index in [-0.39, 0.29) is 11.8 Å². The Labute approximate surface area is 204 Å². The summed E-state index contributed by atoms with van der Waals surface area (Å²) in [6, 6.07) is 6.78. The van der Waals surface area contributed by atoms with Gasteiger partial charge in [0.05, 0.1) is 11.2 Å². The van der Waals surface area contributed by atoms with E-state index in [0.717, 1.165) is 42.2 Å². The lowest BCUT2D eigenvalue weighted by Crippen LogP contribution is -2.31. The number of fused-ring (bicyclic) bond motifs is 1. The van der Waals surface area contributed by atoms with Crippen LogP contribution < -0.4 is 5.32 Å². The maximum absolute atomic E-state index is 11.7. The molecule has 1 saturated carbocycles. The van der Waals surface area contributed by atoms with Gasteiger partial charge in [-0.1, -0.05) is 69.7 Å². The third-order valence-corrected chi connectivity index (χ3v) is 8.25. The van der Waals surface area contributed by atoms with Gasteiger partial charge in [-0.2, -0.15) is 5.10 Å². The summed E-state index contributed by atoms with van der Waals surface area (Å²) in [6.07, 6.45) is 16.3. The highest BCUT2D eigenvalue weighted by molar-refractivity contribution is 5.88. The molecule has 0 spiro atoms. The first-order chi connectivity index (χ1) is 16.6. The third-order valence-electron chi connectivity index (χ3n) is 8.25. The molecule has 3 aliphatic rings. The minimum atomic E-state index is 0.0616. The molecule has 1 atom stereocenters. The van der Waals surface area contributed by atoms with Crippen LogP contribution in [0.3, 0.4) is 0 Å². The van der Waals surface area contributed by atoms with Crippen LogP contribution in [0.5, 0.6) is 0 Å². The van der Waals surface area contributed by atoms with Gasteiger partial charge < -0.3 is 5.32 Å². The Bertz CT molecular complexity index is 1080. The van der Waals surface area contributed by atoms with Gasteiger partial charge in [-0.05, 0) is 48.9 Å². The average molecular weight is 461 g/mol. The zero-order chi connectivity index (χ0) is 23.5. The molecule has 1 aromatic heterocycles. The lowest BCUT2D eigenvalue weighted by molar-refractivity contribution is -0.121. The molecule has 34 heavy (non-hydrogen) atoms. The van der Waals surface area contributed by atoms with Crippen molar-refractivity contribution >= 4 is 22.4 Å². The molecule has 0 radical (unpaired) electrons. The number of carbonyl (C=O) groups excluding carboxylic acids is 1. The van der Waals surface area contributed by atoms with Crippen LogP contribution in [-0.2, 0) is 11.8 Å². The zero-order valence-electron chi connectivity index (χ0n) is 20.8. The number of nitrogens with one attached hydrogen (secondary N) is 1. The molecule has 5 rings (SSSR count). The van der Waals surface area contributed by atoms with E-state index in [4.69, 9.17) is 5.10 Å². The Morgan fingerprint density at radius 2 is 2.00 bits per heavy atom. The molecule has 2 aromatic rings. The second-order valence-electron chi connectivity index (χ2n) is 10.7. The summed E-state index contributed by atoms with van der Waals surface area (Å²) in [4.78, 5) is 14.4. The van der Waals surface area contributed by atoms with Crippen molar-refractivity contribution < 1.29 is 4.79 Å². The Morgan fingerprint density at radius 3 is 2.82 bits per heavy atom. The fraction of sp³-hybridized carbons (Fsp3) is 0.586. The number of carbonyl (C=O) groups is 1. The van der Waals surface area contributed by atoms with Gasteiger partial charge in [-0.15, -0.1) is 0 Å². The molecule has 3 heterocycles. The number of aromatic nitrogens is 2. The van der Waals surface area contributed by atoms with Crippen LogP contribution in [0.2, 0.25) is 0 Å². The van der Waals surface area contributed by atoms with Gasteiger partial charge >= 0.3 is 0 Å². The molecule has 182 valence electrons. The zero-order valence-corrected chi connectivity index (χ0v) is 20.8. The lowest BCUT2D eigenvalue weighted by Gasteiger charge is -2.28. The lowest BCUT2D eigenvalue weighted by atomic mass is 9.86. The van der Waals surface area contributed by atoms with E-state index in [1.807, 2.05) is 11.7 Å². The van der Waals surface area contributed by atoms with Gasteiger partial charge in [-0.3, -0.25) is 14.4 Å². The first-order valence-corrected chi connectivity index (χ1v) is 13.5. The number of nitrogens with zero attached hydrogens (tertiary/aromatic N) is 3. The molecular formula is C29H40N4O. The highest BCUT2D eigenvalue weighted by atomic mass is 16.1. The minimum absolute atomic E-state index is 0.0616. The van der Waals surface area contributed by atoms with Crippen molar-refractivity contribution in [3.05, 3.63) is 47.8 Å². The van der Waals surface area contributed by atoms with E-state index >= 15 is 0 Å². The molecule has 5 heteroatoms. The van der Waals surface area contributed by atoms with Gasteiger partial charge in [0.1, 0.15) is 0 Å². The van der Waals surface area contributed by atoms with E-state index < -0.39 is 0 Å². The van der Waals surface area contributed by atoms with E-state index in [1.165, 1.54) is 81.0 Å². The summed E-state index contributed by atoms with van der Waals surface area (Å²) in [5.74, 6) is 1.15. The second-order valence-corrected chi connectivity index (χ2v) is 10.7. The minimum Gasteiger partial charge on any atom is -0.330 e. The summed E-state index contributed by atoms with van der Waals surface area (Å²) < 4.78 is 1.99. The van der Waals surface area contributed by atoms with E-state index in [1.54, 1.807) is 0 Å². The van der Waals surface area contributed by atoms with Crippen molar-refractivity contribution in [3.8, 4) is 0 Å². The molecular weight excluding hydrogens is 420 g/mol. The molecule has 2 fully saturated rings. The van der Waals surface area contributed by atoms with Crippen molar-refractivity contribution in [2.24, 2.45) is 13.0 Å². The van der Waals surface area contributed by atoms with Crippen LogP contribution in [0.15, 0.2) is 36.6 Å². The summed E-state index contributed by atoms with van der Waals surface area (Å²) in [6.45, 7) is 7.55. The van der Waals surface area contributed by atoms with E-state index in [2.05, 4.69) is 41.1 Å². The van der Waals surface area contributed by atoms with Crippen molar-refractivity contribution in [1.82, 2.24) is 20.0 Å². The number of benzene rings is 1. The van der Waals surface area contributed by atoms with Crippen LogP contribution in [0.25, 0.3) is 16.5 Å². The Morgan fingerprint density at radius 1 is 1.15 bits per heavy atom. The highest BCUT2D eigenvalue weighted by Gasteiger charge is 2.27. The smallest absolute Gasteiger partial charge is 0.224 e. The van der Waals surface area contributed by atoms with Gasteiger partial charge in [0.2, 0.25) is 5.91 Å². The van der Waals surface area contributed by atoms with Crippen LogP contribution in [0, 0.1) is 5.92 Å². The predicted molar refractivity (Wildman–Crippen MR) is 139 cm³/mol. The fourth-order valence-corrected chi connectivity index (χ4v) is 6.27. The van der Waals surface area contributed by atoms with Crippen LogP contribution in [0.1, 0.15) is 87.8 Å². The molecule has 1 N–H and O–H groups in total. The maximum atomic E-state index is 11.7. The Hall–Kier alpha value is -2.40. The van der Waals surface area contributed by atoms with Gasteiger partial charge in [0.25, 0.3) is 0 Å². The number of hydrogen-bond acceptors (Lipinski definition) is 3. The molecule has 1 saturated heterocycles. The molecule has 1 aliphatic carbocycles. The van der Waals surface area contributed by atoms with Crippen LogP contribution >= 0.6 is 0 Å². The number of allylic oxidation sites excluding steroid dienone is 1. The summed E-state index contributed by atoms with van der Waals surface area (Å²) >= 11 is 0. The first kappa shape index (κ1) is 23.3. The standard InChI is InChI=1S/C29H40N4O/c1-21-25(15-16-28(34)30-21)29-26-14-13-23(19-27(26)32(2)31-29)24-12-8-18-33(20-24)17-7-6-11-22-9-4-3-5-10-22/h12-14,19,22,25H,1,3-11,15-18,20H2,2H3,(H,30,34). The second kappa shape index (κ2) is 10.5. The van der Waals surface area contributed by atoms with E-state index in [9.17, 15) is 4.79 Å².